The number of hydrogen-bond acceptors (Lipinski definition) is 2. The standard InChI is InChI=1S/C14H24N2O3/c1-2-9-8-11(9)15-14(19)16-12(13(17)18)10-6-4-3-5-7-10/h9-12H,2-8H2,1H3,(H,17,18)(H2,15,16,19). The van der Waals surface area contributed by atoms with Gasteiger partial charge >= 0.3 is 12.0 Å². The van der Waals surface area contributed by atoms with Gasteiger partial charge in [-0.15, -0.1) is 0 Å². The molecule has 0 spiro atoms. The van der Waals surface area contributed by atoms with Crippen LogP contribution in [0.4, 0.5) is 4.79 Å². The Hall–Kier alpha value is -1.26. The van der Waals surface area contributed by atoms with Crippen molar-refractivity contribution in [3.05, 3.63) is 0 Å². The summed E-state index contributed by atoms with van der Waals surface area (Å²) in [7, 11) is 0. The molecule has 108 valence electrons. The minimum Gasteiger partial charge on any atom is -0.480 e. The Balaban J connectivity index is 1.82. The summed E-state index contributed by atoms with van der Waals surface area (Å²) in [5, 5.41) is 14.8. The topological polar surface area (TPSA) is 78.4 Å². The Morgan fingerprint density at radius 1 is 1.26 bits per heavy atom. The van der Waals surface area contributed by atoms with E-state index in [4.69, 9.17) is 0 Å². The van der Waals surface area contributed by atoms with Crippen molar-refractivity contribution >= 4 is 12.0 Å². The van der Waals surface area contributed by atoms with Gasteiger partial charge in [0.05, 0.1) is 0 Å². The summed E-state index contributed by atoms with van der Waals surface area (Å²) in [6.07, 6.45) is 7.20. The molecule has 19 heavy (non-hydrogen) atoms. The maximum absolute atomic E-state index is 11.8. The van der Waals surface area contributed by atoms with E-state index in [1.54, 1.807) is 0 Å². The van der Waals surface area contributed by atoms with Gasteiger partial charge in [-0.3, -0.25) is 0 Å². The third kappa shape index (κ3) is 3.85. The first-order chi connectivity index (χ1) is 9.11. The monoisotopic (exact) mass is 268 g/mol. The molecule has 5 nitrogen and oxygen atoms in total. The van der Waals surface area contributed by atoms with Crippen LogP contribution in [-0.2, 0) is 4.79 Å². The highest BCUT2D eigenvalue weighted by atomic mass is 16.4. The molecule has 0 aromatic rings. The largest absolute Gasteiger partial charge is 0.480 e. The van der Waals surface area contributed by atoms with Gasteiger partial charge in [-0.1, -0.05) is 32.6 Å². The third-order valence-corrected chi connectivity index (χ3v) is 4.44. The fourth-order valence-corrected chi connectivity index (χ4v) is 3.08. The van der Waals surface area contributed by atoms with Crippen molar-refractivity contribution in [2.75, 3.05) is 0 Å². The fourth-order valence-electron chi connectivity index (χ4n) is 3.08. The molecule has 2 amide bonds. The van der Waals surface area contributed by atoms with Crippen LogP contribution >= 0.6 is 0 Å². The number of urea groups is 1. The van der Waals surface area contributed by atoms with Crippen LogP contribution in [0.3, 0.4) is 0 Å². The normalized spacial score (nSPS) is 28.5. The van der Waals surface area contributed by atoms with Crippen LogP contribution < -0.4 is 10.6 Å². The van der Waals surface area contributed by atoms with Crippen LogP contribution in [0.15, 0.2) is 0 Å². The second-order valence-electron chi connectivity index (χ2n) is 5.84. The van der Waals surface area contributed by atoms with Crippen molar-refractivity contribution in [3.8, 4) is 0 Å². The molecule has 2 rings (SSSR count). The summed E-state index contributed by atoms with van der Waals surface area (Å²) >= 11 is 0. The zero-order valence-electron chi connectivity index (χ0n) is 11.5. The van der Waals surface area contributed by atoms with Crippen LogP contribution in [0, 0.1) is 11.8 Å². The highest BCUT2D eigenvalue weighted by Crippen LogP contribution is 2.33. The molecule has 0 radical (unpaired) electrons. The van der Waals surface area contributed by atoms with Gasteiger partial charge in [0, 0.05) is 6.04 Å². The van der Waals surface area contributed by atoms with Gasteiger partial charge in [0.2, 0.25) is 0 Å². The summed E-state index contributed by atoms with van der Waals surface area (Å²) in [6.45, 7) is 2.10. The third-order valence-electron chi connectivity index (χ3n) is 4.44. The maximum atomic E-state index is 11.8. The van der Waals surface area contributed by atoms with Gasteiger partial charge in [0.1, 0.15) is 6.04 Å². The van der Waals surface area contributed by atoms with Crippen molar-refractivity contribution in [2.24, 2.45) is 11.8 Å². The van der Waals surface area contributed by atoms with Gasteiger partial charge in [0.25, 0.3) is 0 Å². The predicted molar refractivity (Wildman–Crippen MR) is 71.9 cm³/mol. The van der Waals surface area contributed by atoms with Gasteiger partial charge in [-0.05, 0) is 31.1 Å². The molecule has 3 N–H and O–H groups in total. The number of amides is 2. The average molecular weight is 268 g/mol. The molecule has 0 aromatic carbocycles. The molecule has 0 aromatic heterocycles. The molecule has 2 fully saturated rings. The first-order valence-electron chi connectivity index (χ1n) is 7.41. The number of carboxylic acids is 1. The Bertz CT molecular complexity index is 340. The number of carbonyl (C=O) groups excluding carboxylic acids is 1. The van der Waals surface area contributed by atoms with Gasteiger partial charge in [-0.2, -0.15) is 0 Å². The fraction of sp³-hybridized carbons (Fsp3) is 0.857. The number of carboxylic acid groups (broad SMARTS) is 1. The van der Waals surface area contributed by atoms with Gasteiger partial charge in [0.15, 0.2) is 0 Å². The minimum absolute atomic E-state index is 0.0816. The number of nitrogens with one attached hydrogen (secondary N) is 2. The SMILES string of the molecule is CCC1CC1NC(=O)NC(C(=O)O)C1CCCCC1. The second kappa shape index (κ2) is 6.26. The summed E-state index contributed by atoms with van der Waals surface area (Å²) in [5.41, 5.74) is 0. The van der Waals surface area contributed by atoms with Crippen molar-refractivity contribution in [2.45, 2.75) is 64.0 Å². The number of carbonyl (C=O) groups is 2. The predicted octanol–water partition coefficient (Wildman–Crippen LogP) is 2.12. The molecule has 0 bridgehead atoms. The van der Waals surface area contributed by atoms with E-state index in [9.17, 15) is 14.7 Å². The number of hydrogen-bond donors (Lipinski definition) is 3. The molecular weight excluding hydrogens is 244 g/mol. The highest BCUT2D eigenvalue weighted by Gasteiger charge is 2.38. The summed E-state index contributed by atoms with van der Waals surface area (Å²) in [4.78, 5) is 23.1. The van der Waals surface area contributed by atoms with Crippen LogP contribution in [-0.4, -0.2) is 29.2 Å². The molecule has 2 saturated carbocycles. The molecular formula is C14H24N2O3. The van der Waals surface area contributed by atoms with E-state index in [-0.39, 0.29) is 18.0 Å². The first kappa shape index (κ1) is 14.2. The molecule has 0 heterocycles. The van der Waals surface area contributed by atoms with E-state index in [1.165, 1.54) is 6.42 Å². The quantitative estimate of drug-likeness (QED) is 0.714. The lowest BCUT2D eigenvalue weighted by Crippen LogP contribution is -2.50. The number of rotatable bonds is 5. The van der Waals surface area contributed by atoms with Crippen LogP contribution in [0.5, 0.6) is 0 Å². The Labute approximate surface area is 114 Å². The molecule has 0 saturated heterocycles. The van der Waals surface area contributed by atoms with Crippen LogP contribution in [0.25, 0.3) is 0 Å². The molecule has 2 aliphatic rings. The van der Waals surface area contributed by atoms with Crippen molar-refractivity contribution in [1.82, 2.24) is 10.6 Å². The summed E-state index contributed by atoms with van der Waals surface area (Å²) in [6, 6.07) is -0.816. The Morgan fingerprint density at radius 2 is 1.95 bits per heavy atom. The van der Waals surface area contributed by atoms with Crippen molar-refractivity contribution in [3.63, 3.8) is 0 Å². The molecule has 2 aliphatic carbocycles. The molecule has 0 aliphatic heterocycles. The number of aliphatic carboxylic acids is 1. The van der Waals surface area contributed by atoms with Gasteiger partial charge < -0.3 is 15.7 Å². The van der Waals surface area contributed by atoms with Crippen LogP contribution in [0.1, 0.15) is 51.9 Å². The highest BCUT2D eigenvalue weighted by molar-refractivity contribution is 5.83. The van der Waals surface area contributed by atoms with Crippen molar-refractivity contribution in [1.29, 1.82) is 0 Å². The Kier molecular flexibility index (Phi) is 4.66. The average Bonchev–Trinajstić information content (AvgIpc) is 3.15. The van der Waals surface area contributed by atoms with E-state index in [0.29, 0.717) is 5.92 Å². The van der Waals surface area contributed by atoms with Crippen LogP contribution in [0.2, 0.25) is 0 Å². The van der Waals surface area contributed by atoms with Gasteiger partial charge in [-0.25, -0.2) is 9.59 Å². The lowest BCUT2D eigenvalue weighted by Gasteiger charge is -2.28. The zero-order chi connectivity index (χ0) is 13.8. The van der Waals surface area contributed by atoms with Crippen molar-refractivity contribution < 1.29 is 14.7 Å². The maximum Gasteiger partial charge on any atom is 0.326 e. The van der Waals surface area contributed by atoms with E-state index >= 15 is 0 Å². The minimum atomic E-state index is -0.912. The Morgan fingerprint density at radius 3 is 2.47 bits per heavy atom. The lowest BCUT2D eigenvalue weighted by atomic mass is 9.84. The van der Waals surface area contributed by atoms with E-state index < -0.39 is 12.0 Å². The lowest BCUT2D eigenvalue weighted by molar-refractivity contribution is -0.141. The van der Waals surface area contributed by atoms with E-state index in [0.717, 1.165) is 38.5 Å². The molecule has 3 unspecified atom stereocenters. The molecule has 3 atom stereocenters. The van der Waals surface area contributed by atoms with E-state index in [2.05, 4.69) is 17.6 Å². The zero-order valence-corrected chi connectivity index (χ0v) is 11.5. The molecule has 5 heteroatoms. The smallest absolute Gasteiger partial charge is 0.326 e. The summed E-state index contributed by atoms with van der Waals surface area (Å²) in [5.74, 6) is -0.258. The van der Waals surface area contributed by atoms with E-state index in [1.807, 2.05) is 0 Å². The second-order valence-corrected chi connectivity index (χ2v) is 5.84. The summed E-state index contributed by atoms with van der Waals surface area (Å²) < 4.78 is 0. The first-order valence-corrected chi connectivity index (χ1v) is 7.41.